The summed E-state index contributed by atoms with van der Waals surface area (Å²) in [5.74, 6) is 0. The van der Waals surface area contributed by atoms with E-state index in [2.05, 4.69) is 0 Å². The van der Waals surface area contributed by atoms with Crippen LogP contribution in [-0.4, -0.2) is 21.5 Å². The van der Waals surface area contributed by atoms with Gasteiger partial charge < -0.3 is 1.43 Å². The fourth-order valence-electron chi connectivity index (χ4n) is 0. The van der Waals surface area contributed by atoms with Crippen molar-refractivity contribution < 1.29 is 1.43 Å². The summed E-state index contributed by atoms with van der Waals surface area (Å²) in [5.41, 5.74) is 9.94. The van der Waals surface area contributed by atoms with Crippen LogP contribution in [0.3, 0.4) is 0 Å². The van der Waals surface area contributed by atoms with Gasteiger partial charge in [0.15, 0.2) is 0 Å². The fraction of sp³-hybridized carbons (Fsp3) is 1.00. The predicted molar refractivity (Wildman–Crippen MR) is 23.2 cm³/mol. The summed E-state index contributed by atoms with van der Waals surface area (Å²) in [4.78, 5) is 0.0208. The molecule has 0 bridgehead atoms. The molecule has 0 aromatic rings. The zero-order valence-electron chi connectivity index (χ0n) is 3.73. The Hall–Kier alpha value is 0.463. The van der Waals surface area contributed by atoms with Gasteiger partial charge >= 0.3 is 33.0 Å². The average molecular weight is 122 g/mol. The van der Waals surface area contributed by atoms with E-state index in [1.807, 2.05) is 0 Å². The van der Waals surface area contributed by atoms with Gasteiger partial charge in [-0.2, -0.15) is 0 Å². The number of hydrogen-bond donors (Lipinski definition) is 2. The molecule has 0 aliphatic heterocycles. The van der Waals surface area contributed by atoms with E-state index in [1.54, 1.807) is 0 Å². The maximum Gasteiger partial charge on any atom is -1.00 e. The van der Waals surface area contributed by atoms with Crippen LogP contribution in [0.5, 0.6) is 0 Å². The second kappa shape index (κ2) is 1.75. The van der Waals surface area contributed by atoms with Crippen LogP contribution in [0, 0.1) is 0 Å². The minimum absolute atomic E-state index is 0. The Labute approximate surface area is 35.2 Å². The number of rotatable bonds is 0. The van der Waals surface area contributed by atoms with Gasteiger partial charge in [-0.25, -0.2) is 0 Å². The van der Waals surface area contributed by atoms with Crippen LogP contribution in [0.2, 0.25) is 0 Å². The van der Waals surface area contributed by atoms with Crippen molar-refractivity contribution in [2.45, 2.75) is 5.00 Å². The first-order valence-corrected chi connectivity index (χ1v) is 3.67. The first-order chi connectivity index (χ1) is 1.73. The van der Waals surface area contributed by atoms with E-state index < -0.39 is 0 Å². The number of hydrogen-bond acceptors (Lipinski definition) is 2. The molecule has 0 heterocycles. The van der Waals surface area contributed by atoms with E-state index in [0.29, 0.717) is 16.5 Å². The topological polar surface area (TPSA) is 52.0 Å². The summed E-state index contributed by atoms with van der Waals surface area (Å²) < 4.78 is 0. The molecule has 0 aliphatic rings. The average Bonchev–Trinajstić information content (AvgIpc) is 0.811. The summed E-state index contributed by atoms with van der Waals surface area (Å²) in [5, 5.41) is 0. The van der Waals surface area contributed by atoms with E-state index in [0.717, 1.165) is 0 Å². The Morgan fingerprint density at radius 3 is 1.75 bits per heavy atom. The molecule has 0 unspecified atom stereocenters. The van der Waals surface area contributed by atoms with E-state index >= 15 is 0 Å². The molecule has 0 amide bonds. The zero-order valence-corrected chi connectivity index (χ0v) is 6.93. The van der Waals surface area contributed by atoms with Gasteiger partial charge in [-0.3, -0.25) is 0 Å². The molecule has 0 aromatic carbocycles. The van der Waals surface area contributed by atoms with Gasteiger partial charge in [-0.1, -0.05) is 0 Å². The molecular formula is CH9GeN2-. The van der Waals surface area contributed by atoms with Gasteiger partial charge in [0.05, 0.1) is 0 Å². The Bertz CT molecular complexity index is 14.4. The molecule has 0 atom stereocenters. The van der Waals surface area contributed by atoms with Gasteiger partial charge in [-0.05, 0) is 0 Å². The van der Waals surface area contributed by atoms with Gasteiger partial charge in [0, 0.05) is 0 Å². The molecule has 0 spiro atoms. The van der Waals surface area contributed by atoms with Crippen LogP contribution in [0.25, 0.3) is 0 Å². The second-order valence-corrected chi connectivity index (χ2v) is 3.66. The SMILES string of the molecule is N[CH](N)[GeH3].[H-]. The van der Waals surface area contributed by atoms with E-state index in [9.17, 15) is 0 Å². The van der Waals surface area contributed by atoms with Crippen molar-refractivity contribution in [3.05, 3.63) is 0 Å². The monoisotopic (exact) mass is 123 g/mol. The van der Waals surface area contributed by atoms with Crippen molar-refractivity contribution in [1.82, 2.24) is 0 Å². The first kappa shape index (κ1) is 4.46. The summed E-state index contributed by atoms with van der Waals surface area (Å²) >= 11 is 0.618. The molecule has 0 saturated carbocycles. The fourth-order valence-corrected chi connectivity index (χ4v) is 0. The third-order valence-electron chi connectivity index (χ3n) is 0. The van der Waals surface area contributed by atoms with Crippen LogP contribution >= 0.6 is 0 Å². The van der Waals surface area contributed by atoms with E-state index in [-0.39, 0.29) is 6.42 Å². The van der Waals surface area contributed by atoms with Crippen molar-refractivity contribution in [2.24, 2.45) is 11.5 Å². The number of nitrogens with two attached hydrogens (primary N) is 2. The largest absolute Gasteiger partial charge is 1.00 e. The molecule has 3 heteroatoms. The zero-order chi connectivity index (χ0) is 3.58. The molecule has 0 saturated heterocycles. The van der Waals surface area contributed by atoms with Crippen LogP contribution in [0.1, 0.15) is 1.43 Å². The Morgan fingerprint density at radius 1 is 1.75 bits per heavy atom. The van der Waals surface area contributed by atoms with Crippen LogP contribution in [0.15, 0.2) is 0 Å². The first-order valence-electron chi connectivity index (χ1n) is 1.24. The maximum atomic E-state index is 4.97. The van der Waals surface area contributed by atoms with Crippen LogP contribution in [0.4, 0.5) is 0 Å². The molecule has 4 heavy (non-hydrogen) atoms. The predicted octanol–water partition coefficient (Wildman–Crippen LogP) is -2.33. The van der Waals surface area contributed by atoms with Gasteiger partial charge in [-0.15, -0.1) is 0 Å². The summed E-state index contributed by atoms with van der Waals surface area (Å²) in [6.45, 7) is 0. The standard InChI is InChI=1S/CH8GeN2.H/c2-1(3)4;/h1H,3-4H2,2H3;/q;-1. The van der Waals surface area contributed by atoms with Crippen molar-refractivity contribution in [2.75, 3.05) is 0 Å². The second-order valence-electron chi connectivity index (χ2n) is 0.859. The van der Waals surface area contributed by atoms with E-state index in [4.69, 9.17) is 11.5 Å². The molecule has 2 nitrogen and oxygen atoms in total. The van der Waals surface area contributed by atoms with Crippen molar-refractivity contribution in [1.29, 1.82) is 0 Å². The molecule has 0 fully saturated rings. The third-order valence-corrected chi connectivity index (χ3v) is 0. The minimum Gasteiger partial charge on any atom is -1.00 e. The molecule has 0 aromatic heterocycles. The molecule has 28 valence electrons. The third kappa shape index (κ3) is 24.6. The summed E-state index contributed by atoms with van der Waals surface area (Å²) in [6, 6.07) is 0. The van der Waals surface area contributed by atoms with Crippen LogP contribution in [-0.2, 0) is 0 Å². The van der Waals surface area contributed by atoms with E-state index in [1.165, 1.54) is 0 Å². The van der Waals surface area contributed by atoms with Crippen molar-refractivity contribution in [3.8, 4) is 0 Å². The smallest absolute Gasteiger partial charge is 1.00 e. The molecule has 4 N–H and O–H groups in total. The Morgan fingerprint density at radius 2 is 1.75 bits per heavy atom. The molecule has 0 rings (SSSR count). The Kier molecular flexibility index (Phi) is 1.95. The molecular weight excluding hydrogens is 113 g/mol. The minimum atomic E-state index is 0. The maximum absolute atomic E-state index is 4.97. The normalized spacial score (nSPS) is 9.75. The summed E-state index contributed by atoms with van der Waals surface area (Å²) in [7, 11) is 0. The quantitative estimate of drug-likeness (QED) is 0.279. The molecule has 0 radical (unpaired) electrons. The van der Waals surface area contributed by atoms with Gasteiger partial charge in [0.2, 0.25) is 0 Å². The Balaban J connectivity index is 0. The van der Waals surface area contributed by atoms with Gasteiger partial charge in [0.1, 0.15) is 0 Å². The van der Waals surface area contributed by atoms with Crippen molar-refractivity contribution in [3.63, 3.8) is 0 Å². The van der Waals surface area contributed by atoms with Gasteiger partial charge in [0.25, 0.3) is 0 Å². The van der Waals surface area contributed by atoms with Crippen LogP contribution < -0.4 is 11.5 Å². The van der Waals surface area contributed by atoms with Crippen molar-refractivity contribution >= 4 is 16.5 Å². The summed E-state index contributed by atoms with van der Waals surface area (Å²) in [6.07, 6.45) is 0. The molecule has 0 aliphatic carbocycles.